The molecule has 1 aliphatic heterocycles. The monoisotopic (exact) mass is 477 g/mol. The third-order valence-electron chi connectivity index (χ3n) is 4.99. The zero-order valence-electron chi connectivity index (χ0n) is 17.0. The lowest BCUT2D eigenvalue weighted by Gasteiger charge is -2.24. The highest BCUT2D eigenvalue weighted by molar-refractivity contribution is 14.0. The van der Waals surface area contributed by atoms with Crippen LogP contribution in [0.5, 0.6) is 0 Å². The van der Waals surface area contributed by atoms with Crippen LogP contribution in [0, 0.1) is 12.8 Å². The summed E-state index contributed by atoms with van der Waals surface area (Å²) >= 11 is 0. The summed E-state index contributed by atoms with van der Waals surface area (Å²) in [5.41, 5.74) is 0. The number of aliphatic imine (C=N–C) groups is 1. The molecule has 1 saturated heterocycles. The number of aromatic nitrogens is 3. The van der Waals surface area contributed by atoms with Gasteiger partial charge in [0.25, 0.3) is 0 Å². The van der Waals surface area contributed by atoms with Crippen LogP contribution in [0.25, 0.3) is 0 Å². The Morgan fingerprint density at radius 1 is 1.31 bits per heavy atom. The first-order chi connectivity index (χ1) is 12.0. The summed E-state index contributed by atoms with van der Waals surface area (Å²) in [4.78, 5) is 7.28. The number of guanidine groups is 1. The van der Waals surface area contributed by atoms with Crippen LogP contribution in [-0.2, 0) is 13.6 Å². The van der Waals surface area contributed by atoms with Gasteiger partial charge in [-0.05, 0) is 45.2 Å². The van der Waals surface area contributed by atoms with Crippen molar-refractivity contribution in [3.63, 3.8) is 0 Å². The molecule has 0 saturated carbocycles. The Morgan fingerprint density at radius 2 is 2.08 bits per heavy atom. The van der Waals surface area contributed by atoms with Crippen molar-refractivity contribution in [1.82, 2.24) is 30.3 Å². The third-order valence-corrected chi connectivity index (χ3v) is 4.99. The highest BCUT2D eigenvalue weighted by Crippen LogP contribution is 2.15. The predicted octanol–water partition coefficient (Wildman–Crippen LogP) is 2.31. The number of nitrogens with zero attached hydrogens (tertiary/aromatic N) is 5. The van der Waals surface area contributed by atoms with E-state index in [1.165, 1.54) is 19.4 Å². The normalized spacial score (nSPS) is 18.2. The number of nitrogens with one attached hydrogen (secondary N) is 2. The summed E-state index contributed by atoms with van der Waals surface area (Å²) < 4.78 is 1.99. The van der Waals surface area contributed by atoms with E-state index in [0.29, 0.717) is 18.5 Å². The molecular weight excluding hydrogens is 441 g/mol. The van der Waals surface area contributed by atoms with Gasteiger partial charge in [0.2, 0.25) is 0 Å². The standard InChI is InChI=1S/C18H35N7.HI/c1-6-25-11-7-8-16(25)12-20-18(19-10-9-14(2)3)21-13-17-23-22-15(4)24(17)5;/h14,16H,6-13H2,1-5H3,(H2,19,20,21);1H. The fraction of sp³-hybridized carbons (Fsp3) is 0.833. The molecule has 1 aromatic heterocycles. The average molecular weight is 477 g/mol. The van der Waals surface area contributed by atoms with Crippen molar-refractivity contribution >= 4 is 29.9 Å². The van der Waals surface area contributed by atoms with Gasteiger partial charge in [-0.15, -0.1) is 34.2 Å². The van der Waals surface area contributed by atoms with Gasteiger partial charge in [-0.2, -0.15) is 0 Å². The smallest absolute Gasteiger partial charge is 0.191 e. The summed E-state index contributed by atoms with van der Waals surface area (Å²) in [5, 5.41) is 15.3. The molecule has 8 heteroatoms. The summed E-state index contributed by atoms with van der Waals surface area (Å²) in [5.74, 6) is 3.36. The Bertz CT molecular complexity index is 556. The Morgan fingerprint density at radius 3 is 2.69 bits per heavy atom. The first-order valence-corrected chi connectivity index (χ1v) is 9.62. The number of hydrogen-bond donors (Lipinski definition) is 2. The van der Waals surface area contributed by atoms with Crippen LogP contribution in [0.1, 0.15) is 51.7 Å². The van der Waals surface area contributed by atoms with Crippen molar-refractivity contribution in [2.75, 3.05) is 26.2 Å². The molecular formula is C18H36IN7. The van der Waals surface area contributed by atoms with Gasteiger partial charge in [0, 0.05) is 26.2 Å². The van der Waals surface area contributed by atoms with Gasteiger partial charge in [-0.25, -0.2) is 4.99 Å². The minimum Gasteiger partial charge on any atom is -0.356 e. The Kier molecular flexibility index (Phi) is 10.4. The summed E-state index contributed by atoms with van der Waals surface area (Å²) in [6.07, 6.45) is 3.70. The molecule has 1 atom stereocenters. The molecule has 0 radical (unpaired) electrons. The van der Waals surface area contributed by atoms with E-state index in [2.05, 4.69) is 46.5 Å². The minimum atomic E-state index is 0. The second kappa shape index (κ2) is 11.7. The van der Waals surface area contributed by atoms with E-state index in [-0.39, 0.29) is 24.0 Å². The molecule has 1 aromatic rings. The maximum Gasteiger partial charge on any atom is 0.191 e. The molecule has 1 aliphatic rings. The molecule has 0 amide bonds. The second-order valence-corrected chi connectivity index (χ2v) is 7.30. The van der Waals surface area contributed by atoms with Crippen molar-refractivity contribution in [2.24, 2.45) is 18.0 Å². The molecule has 150 valence electrons. The van der Waals surface area contributed by atoms with Crippen molar-refractivity contribution < 1.29 is 0 Å². The lowest BCUT2D eigenvalue weighted by molar-refractivity contribution is 0.267. The van der Waals surface area contributed by atoms with Gasteiger partial charge in [-0.3, -0.25) is 4.90 Å². The van der Waals surface area contributed by atoms with E-state index in [9.17, 15) is 0 Å². The molecule has 2 N–H and O–H groups in total. The molecule has 1 fully saturated rings. The van der Waals surface area contributed by atoms with Gasteiger partial charge >= 0.3 is 0 Å². The topological polar surface area (TPSA) is 70.4 Å². The Balaban J connectivity index is 0.00000338. The second-order valence-electron chi connectivity index (χ2n) is 7.30. The van der Waals surface area contributed by atoms with E-state index in [1.54, 1.807) is 0 Å². The first kappa shape index (κ1) is 23.1. The molecule has 0 bridgehead atoms. The van der Waals surface area contributed by atoms with Crippen LogP contribution < -0.4 is 10.6 Å². The fourth-order valence-electron chi connectivity index (χ4n) is 3.15. The summed E-state index contributed by atoms with van der Waals surface area (Å²) in [7, 11) is 1.98. The van der Waals surface area contributed by atoms with E-state index in [4.69, 9.17) is 4.99 Å². The number of aryl methyl sites for hydroxylation is 1. The largest absolute Gasteiger partial charge is 0.356 e. The number of likely N-dealkylation sites (tertiary alicyclic amines) is 1. The fourth-order valence-corrected chi connectivity index (χ4v) is 3.15. The number of hydrogen-bond acceptors (Lipinski definition) is 4. The average Bonchev–Trinajstić information content (AvgIpc) is 3.17. The third kappa shape index (κ3) is 7.02. The highest BCUT2D eigenvalue weighted by Gasteiger charge is 2.22. The van der Waals surface area contributed by atoms with Gasteiger partial charge in [-0.1, -0.05) is 20.8 Å². The number of halogens is 1. The first-order valence-electron chi connectivity index (χ1n) is 9.62. The number of rotatable bonds is 8. The van der Waals surface area contributed by atoms with Crippen molar-refractivity contribution in [3.8, 4) is 0 Å². The van der Waals surface area contributed by atoms with Crippen molar-refractivity contribution in [3.05, 3.63) is 11.6 Å². The highest BCUT2D eigenvalue weighted by atomic mass is 127. The molecule has 26 heavy (non-hydrogen) atoms. The number of likely N-dealkylation sites (N-methyl/N-ethyl adjacent to an activating group) is 1. The van der Waals surface area contributed by atoms with Crippen LogP contribution in [0.15, 0.2) is 4.99 Å². The van der Waals surface area contributed by atoms with Crippen LogP contribution >= 0.6 is 24.0 Å². The van der Waals surface area contributed by atoms with Gasteiger partial charge < -0.3 is 15.2 Å². The van der Waals surface area contributed by atoms with Crippen LogP contribution in [0.4, 0.5) is 0 Å². The van der Waals surface area contributed by atoms with Crippen LogP contribution in [0.3, 0.4) is 0 Å². The predicted molar refractivity (Wildman–Crippen MR) is 118 cm³/mol. The zero-order chi connectivity index (χ0) is 18.2. The SMILES string of the molecule is CCN1CCCC1CNC(=NCc1nnc(C)n1C)NCCC(C)C.I. The maximum atomic E-state index is 4.73. The summed E-state index contributed by atoms with van der Waals surface area (Å²) in [6, 6.07) is 0.610. The van der Waals surface area contributed by atoms with Gasteiger partial charge in [0.15, 0.2) is 11.8 Å². The van der Waals surface area contributed by atoms with E-state index in [1.807, 2.05) is 18.5 Å². The van der Waals surface area contributed by atoms with Crippen molar-refractivity contribution in [1.29, 1.82) is 0 Å². The Labute approximate surface area is 175 Å². The van der Waals surface area contributed by atoms with E-state index < -0.39 is 0 Å². The zero-order valence-corrected chi connectivity index (χ0v) is 19.3. The van der Waals surface area contributed by atoms with Gasteiger partial charge in [0.05, 0.1) is 0 Å². The minimum absolute atomic E-state index is 0. The van der Waals surface area contributed by atoms with E-state index >= 15 is 0 Å². The Hall–Kier alpha value is -0.900. The van der Waals surface area contributed by atoms with Crippen LogP contribution in [0.2, 0.25) is 0 Å². The molecule has 2 rings (SSSR count). The van der Waals surface area contributed by atoms with Gasteiger partial charge in [0.1, 0.15) is 12.4 Å². The summed E-state index contributed by atoms with van der Waals surface area (Å²) in [6.45, 7) is 13.4. The molecule has 0 aliphatic carbocycles. The molecule has 2 heterocycles. The molecule has 1 unspecified atom stereocenters. The molecule has 7 nitrogen and oxygen atoms in total. The molecule has 0 aromatic carbocycles. The quantitative estimate of drug-likeness (QED) is 0.342. The van der Waals surface area contributed by atoms with E-state index in [0.717, 1.165) is 43.7 Å². The lowest BCUT2D eigenvalue weighted by atomic mass is 10.1. The van der Waals surface area contributed by atoms with Crippen LogP contribution in [-0.4, -0.2) is 57.8 Å². The van der Waals surface area contributed by atoms with Crippen molar-refractivity contribution in [2.45, 2.75) is 59.5 Å². The maximum absolute atomic E-state index is 4.73. The lowest BCUT2D eigenvalue weighted by Crippen LogP contribution is -2.45. The molecule has 0 spiro atoms.